The Kier molecular flexibility index (Phi) is 4.03. The highest BCUT2D eigenvalue weighted by Crippen LogP contribution is 2.31. The SMILES string of the molecule is O=C(O)c1ccc(N2CCNCC2)cc1Oc1ccc2[nH]ccc2c1. The van der Waals surface area contributed by atoms with Gasteiger partial charge in [0.25, 0.3) is 0 Å². The van der Waals surface area contributed by atoms with Crippen molar-refractivity contribution in [3.05, 3.63) is 54.2 Å². The van der Waals surface area contributed by atoms with Gasteiger partial charge in [0.1, 0.15) is 17.1 Å². The molecular weight excluding hydrogens is 318 g/mol. The Morgan fingerprint density at radius 1 is 1.08 bits per heavy atom. The molecule has 0 spiro atoms. The van der Waals surface area contributed by atoms with Crippen LogP contribution in [0.4, 0.5) is 5.69 Å². The third kappa shape index (κ3) is 3.16. The number of hydrogen-bond donors (Lipinski definition) is 3. The number of aromatic nitrogens is 1. The van der Waals surface area contributed by atoms with Gasteiger partial charge >= 0.3 is 5.97 Å². The van der Waals surface area contributed by atoms with Crippen molar-refractivity contribution in [1.29, 1.82) is 0 Å². The van der Waals surface area contributed by atoms with E-state index in [9.17, 15) is 9.90 Å². The first kappa shape index (κ1) is 15.5. The lowest BCUT2D eigenvalue weighted by Gasteiger charge is -2.29. The van der Waals surface area contributed by atoms with Gasteiger partial charge < -0.3 is 25.0 Å². The van der Waals surface area contributed by atoms with Crippen molar-refractivity contribution in [1.82, 2.24) is 10.3 Å². The number of rotatable bonds is 4. The van der Waals surface area contributed by atoms with E-state index in [4.69, 9.17) is 4.74 Å². The van der Waals surface area contributed by atoms with Crippen molar-refractivity contribution in [3.8, 4) is 11.5 Å². The molecule has 2 aromatic carbocycles. The number of carboxylic acid groups (broad SMARTS) is 1. The van der Waals surface area contributed by atoms with Gasteiger partial charge in [-0.1, -0.05) is 0 Å². The summed E-state index contributed by atoms with van der Waals surface area (Å²) in [7, 11) is 0. The number of anilines is 1. The first-order chi connectivity index (χ1) is 12.2. The molecule has 0 unspecified atom stereocenters. The lowest BCUT2D eigenvalue weighted by molar-refractivity contribution is 0.0694. The standard InChI is InChI=1S/C19H19N3O3/c23-19(24)16-3-1-14(22-9-7-20-8-10-22)12-18(16)25-15-2-4-17-13(11-15)5-6-21-17/h1-6,11-12,20-21H,7-10H2,(H,23,24). The average Bonchev–Trinajstić information content (AvgIpc) is 3.10. The largest absolute Gasteiger partial charge is 0.478 e. The van der Waals surface area contributed by atoms with Crippen LogP contribution in [0.25, 0.3) is 10.9 Å². The molecule has 1 aliphatic rings. The van der Waals surface area contributed by atoms with E-state index in [1.54, 1.807) is 6.07 Å². The van der Waals surface area contributed by atoms with Gasteiger partial charge in [-0.2, -0.15) is 0 Å². The van der Waals surface area contributed by atoms with E-state index in [0.29, 0.717) is 11.5 Å². The van der Waals surface area contributed by atoms with Crippen LogP contribution in [0.15, 0.2) is 48.7 Å². The van der Waals surface area contributed by atoms with Gasteiger partial charge in [0, 0.05) is 55.0 Å². The zero-order valence-electron chi connectivity index (χ0n) is 13.7. The normalized spacial score (nSPS) is 14.6. The first-order valence-corrected chi connectivity index (χ1v) is 8.29. The smallest absolute Gasteiger partial charge is 0.339 e. The van der Waals surface area contributed by atoms with Crippen LogP contribution in [0.2, 0.25) is 0 Å². The lowest BCUT2D eigenvalue weighted by atomic mass is 10.1. The minimum atomic E-state index is -0.996. The van der Waals surface area contributed by atoms with E-state index in [1.165, 1.54) is 0 Å². The molecule has 0 radical (unpaired) electrons. The van der Waals surface area contributed by atoms with Crippen LogP contribution in [0.1, 0.15) is 10.4 Å². The summed E-state index contributed by atoms with van der Waals surface area (Å²) >= 11 is 0. The predicted molar refractivity (Wildman–Crippen MR) is 96.9 cm³/mol. The van der Waals surface area contributed by atoms with E-state index < -0.39 is 5.97 Å². The fourth-order valence-corrected chi connectivity index (χ4v) is 3.11. The zero-order chi connectivity index (χ0) is 17.2. The molecule has 1 aromatic heterocycles. The number of benzene rings is 2. The quantitative estimate of drug-likeness (QED) is 0.682. The number of hydrogen-bond acceptors (Lipinski definition) is 4. The van der Waals surface area contributed by atoms with Crippen molar-refractivity contribution >= 4 is 22.6 Å². The highest BCUT2D eigenvalue weighted by Gasteiger charge is 2.17. The molecule has 0 atom stereocenters. The maximum Gasteiger partial charge on any atom is 0.339 e. The fraction of sp³-hybridized carbons (Fsp3) is 0.211. The number of fused-ring (bicyclic) bond motifs is 1. The van der Waals surface area contributed by atoms with Crippen LogP contribution >= 0.6 is 0 Å². The molecule has 0 bridgehead atoms. The summed E-state index contributed by atoms with van der Waals surface area (Å²) in [5.74, 6) is -0.0185. The van der Waals surface area contributed by atoms with E-state index in [2.05, 4.69) is 15.2 Å². The van der Waals surface area contributed by atoms with Crippen LogP contribution in [0.5, 0.6) is 11.5 Å². The number of nitrogens with zero attached hydrogens (tertiary/aromatic N) is 1. The minimum Gasteiger partial charge on any atom is -0.478 e. The van der Waals surface area contributed by atoms with E-state index >= 15 is 0 Å². The first-order valence-electron chi connectivity index (χ1n) is 8.29. The molecule has 0 saturated carbocycles. The van der Waals surface area contributed by atoms with Crippen molar-refractivity contribution in [2.45, 2.75) is 0 Å². The molecule has 0 aliphatic carbocycles. The number of ether oxygens (including phenoxy) is 1. The molecule has 0 amide bonds. The van der Waals surface area contributed by atoms with Crippen LogP contribution in [0, 0.1) is 0 Å². The molecule has 128 valence electrons. The Morgan fingerprint density at radius 3 is 2.72 bits per heavy atom. The van der Waals surface area contributed by atoms with Gasteiger partial charge in [0.15, 0.2) is 0 Å². The second-order valence-electron chi connectivity index (χ2n) is 6.05. The average molecular weight is 337 g/mol. The van der Waals surface area contributed by atoms with Gasteiger partial charge in [0.05, 0.1) is 0 Å². The molecule has 25 heavy (non-hydrogen) atoms. The summed E-state index contributed by atoms with van der Waals surface area (Å²) in [5, 5.41) is 13.8. The molecule has 3 N–H and O–H groups in total. The highest BCUT2D eigenvalue weighted by molar-refractivity contribution is 5.92. The zero-order valence-corrected chi connectivity index (χ0v) is 13.7. The number of carbonyl (C=O) groups is 1. The number of carboxylic acids is 1. The summed E-state index contributed by atoms with van der Waals surface area (Å²) < 4.78 is 5.94. The van der Waals surface area contributed by atoms with E-state index in [0.717, 1.165) is 42.8 Å². The Labute approximate surface area is 145 Å². The molecule has 4 rings (SSSR count). The van der Waals surface area contributed by atoms with Gasteiger partial charge in [-0.25, -0.2) is 4.79 Å². The molecule has 1 saturated heterocycles. The minimum absolute atomic E-state index is 0.160. The Morgan fingerprint density at radius 2 is 1.92 bits per heavy atom. The summed E-state index contributed by atoms with van der Waals surface area (Å²) in [6, 6.07) is 12.9. The number of piperazine rings is 1. The lowest BCUT2D eigenvalue weighted by Crippen LogP contribution is -2.43. The van der Waals surface area contributed by atoms with Gasteiger partial charge in [0.2, 0.25) is 0 Å². The van der Waals surface area contributed by atoms with Crippen molar-refractivity contribution in [3.63, 3.8) is 0 Å². The number of aromatic carboxylic acids is 1. The van der Waals surface area contributed by atoms with Crippen molar-refractivity contribution in [2.24, 2.45) is 0 Å². The second-order valence-corrected chi connectivity index (χ2v) is 6.05. The Balaban J connectivity index is 1.68. The van der Waals surface area contributed by atoms with Gasteiger partial charge in [-0.15, -0.1) is 0 Å². The monoisotopic (exact) mass is 337 g/mol. The summed E-state index contributed by atoms with van der Waals surface area (Å²) in [6.07, 6.45) is 1.86. The van der Waals surface area contributed by atoms with E-state index in [-0.39, 0.29) is 5.56 Å². The van der Waals surface area contributed by atoms with Crippen LogP contribution in [-0.4, -0.2) is 42.2 Å². The molecule has 1 aliphatic heterocycles. The summed E-state index contributed by atoms with van der Waals surface area (Å²) in [4.78, 5) is 16.9. The number of nitrogens with one attached hydrogen (secondary N) is 2. The summed E-state index contributed by atoms with van der Waals surface area (Å²) in [6.45, 7) is 3.62. The summed E-state index contributed by atoms with van der Waals surface area (Å²) in [5.41, 5.74) is 2.15. The highest BCUT2D eigenvalue weighted by atomic mass is 16.5. The van der Waals surface area contributed by atoms with E-state index in [1.807, 2.05) is 42.6 Å². The third-order valence-electron chi connectivity index (χ3n) is 4.43. The number of H-pyrrole nitrogens is 1. The molecule has 1 fully saturated rings. The molecule has 6 heteroatoms. The van der Waals surface area contributed by atoms with Crippen molar-refractivity contribution in [2.75, 3.05) is 31.1 Å². The predicted octanol–water partition coefficient (Wildman–Crippen LogP) is 3.07. The topological polar surface area (TPSA) is 77.6 Å². The molecule has 2 heterocycles. The van der Waals surface area contributed by atoms with Crippen LogP contribution < -0.4 is 15.0 Å². The molecule has 6 nitrogen and oxygen atoms in total. The Bertz CT molecular complexity index is 913. The van der Waals surface area contributed by atoms with Gasteiger partial charge in [-0.3, -0.25) is 0 Å². The van der Waals surface area contributed by atoms with Crippen LogP contribution in [0.3, 0.4) is 0 Å². The second kappa shape index (κ2) is 6.49. The maximum atomic E-state index is 11.6. The third-order valence-corrected chi connectivity index (χ3v) is 4.43. The maximum absolute atomic E-state index is 11.6. The fourth-order valence-electron chi connectivity index (χ4n) is 3.11. The van der Waals surface area contributed by atoms with Gasteiger partial charge in [-0.05, 0) is 36.4 Å². The number of aromatic amines is 1. The molecular formula is C19H19N3O3. The van der Waals surface area contributed by atoms with Crippen molar-refractivity contribution < 1.29 is 14.6 Å². The van der Waals surface area contributed by atoms with Crippen LogP contribution in [-0.2, 0) is 0 Å². The Hall–Kier alpha value is -2.99. The molecule has 3 aromatic rings.